The zero-order valence-electron chi connectivity index (χ0n) is 15.4. The van der Waals surface area contributed by atoms with Crippen LogP contribution in [0, 0.1) is 0 Å². The number of hydrogen-bond donors (Lipinski definition) is 1. The van der Waals surface area contributed by atoms with E-state index in [-0.39, 0.29) is 11.1 Å². The number of halogens is 1. The summed E-state index contributed by atoms with van der Waals surface area (Å²) in [7, 11) is 3.04. The van der Waals surface area contributed by atoms with E-state index in [1.165, 1.54) is 24.9 Å². The highest BCUT2D eigenvalue weighted by Crippen LogP contribution is 2.29. The number of carbonyl (C=O) groups is 1. The van der Waals surface area contributed by atoms with Crippen LogP contribution >= 0.6 is 11.6 Å². The Labute approximate surface area is 167 Å². The molecular formula is C21H19ClN2O4. The average Bonchev–Trinajstić information content (AvgIpc) is 2.71. The quantitative estimate of drug-likeness (QED) is 0.685. The fraction of sp³-hybridized carbons (Fsp3) is 0.143. The summed E-state index contributed by atoms with van der Waals surface area (Å²) in [6.07, 6.45) is 1.64. The molecule has 6 nitrogen and oxygen atoms in total. The van der Waals surface area contributed by atoms with Crippen LogP contribution in [-0.2, 0) is 6.54 Å². The zero-order chi connectivity index (χ0) is 20.1. The van der Waals surface area contributed by atoms with Crippen molar-refractivity contribution in [2.75, 3.05) is 19.5 Å². The van der Waals surface area contributed by atoms with Gasteiger partial charge in [0.15, 0.2) is 11.5 Å². The van der Waals surface area contributed by atoms with Crippen molar-refractivity contribution in [3.05, 3.63) is 87.3 Å². The smallest absolute Gasteiger partial charge is 0.263 e. The van der Waals surface area contributed by atoms with E-state index in [4.69, 9.17) is 21.1 Å². The minimum absolute atomic E-state index is 0.0475. The lowest BCUT2D eigenvalue weighted by Crippen LogP contribution is -2.29. The third kappa shape index (κ3) is 4.35. The summed E-state index contributed by atoms with van der Waals surface area (Å²) in [5.41, 5.74) is 1.07. The van der Waals surface area contributed by atoms with E-state index in [1.54, 1.807) is 42.6 Å². The normalized spacial score (nSPS) is 10.4. The van der Waals surface area contributed by atoms with Gasteiger partial charge in [0.05, 0.1) is 20.8 Å². The fourth-order valence-corrected chi connectivity index (χ4v) is 2.86. The molecule has 0 radical (unpaired) electrons. The van der Waals surface area contributed by atoms with Gasteiger partial charge in [-0.1, -0.05) is 23.7 Å². The number of pyridine rings is 1. The molecule has 0 saturated carbocycles. The van der Waals surface area contributed by atoms with Gasteiger partial charge in [0, 0.05) is 23.0 Å². The Balaban J connectivity index is 1.82. The van der Waals surface area contributed by atoms with E-state index in [2.05, 4.69) is 5.32 Å². The van der Waals surface area contributed by atoms with Crippen LogP contribution in [0.5, 0.6) is 11.5 Å². The standard InChI is InChI=1S/C21H19ClN2O4/c1-27-18-10-9-16(12-19(18)28-2)23-20(25)17-4-3-11-24(21(17)26)13-14-5-7-15(22)8-6-14/h3-12H,13H2,1-2H3,(H,23,25). The van der Waals surface area contributed by atoms with Crippen molar-refractivity contribution in [1.29, 1.82) is 0 Å². The van der Waals surface area contributed by atoms with Gasteiger partial charge in [0.2, 0.25) is 0 Å². The molecule has 0 aliphatic rings. The number of rotatable bonds is 6. The maximum Gasteiger partial charge on any atom is 0.263 e. The van der Waals surface area contributed by atoms with Gasteiger partial charge < -0.3 is 19.4 Å². The molecule has 0 fully saturated rings. The van der Waals surface area contributed by atoms with Crippen molar-refractivity contribution in [2.24, 2.45) is 0 Å². The first kappa shape index (κ1) is 19.5. The van der Waals surface area contributed by atoms with Crippen LogP contribution in [0.1, 0.15) is 15.9 Å². The zero-order valence-corrected chi connectivity index (χ0v) is 16.2. The molecule has 3 rings (SSSR count). The largest absolute Gasteiger partial charge is 0.493 e. The summed E-state index contributed by atoms with van der Waals surface area (Å²) in [6, 6.07) is 15.3. The van der Waals surface area contributed by atoms with Gasteiger partial charge in [-0.2, -0.15) is 0 Å². The molecule has 2 aromatic carbocycles. The van der Waals surface area contributed by atoms with E-state index in [9.17, 15) is 9.59 Å². The second kappa shape index (κ2) is 8.63. The minimum atomic E-state index is -0.498. The number of amides is 1. The molecule has 0 saturated heterocycles. The summed E-state index contributed by atoms with van der Waals surface area (Å²) in [6.45, 7) is 0.341. The van der Waals surface area contributed by atoms with Crippen LogP contribution in [0.2, 0.25) is 5.02 Å². The predicted octanol–water partition coefficient (Wildman–Crippen LogP) is 3.82. The Bertz CT molecular complexity index is 1050. The van der Waals surface area contributed by atoms with Gasteiger partial charge in [-0.05, 0) is 42.0 Å². The van der Waals surface area contributed by atoms with Gasteiger partial charge in [-0.15, -0.1) is 0 Å². The lowest BCUT2D eigenvalue weighted by Gasteiger charge is -2.11. The third-order valence-electron chi connectivity index (χ3n) is 4.17. The van der Waals surface area contributed by atoms with Crippen LogP contribution in [0.25, 0.3) is 0 Å². The fourth-order valence-electron chi connectivity index (χ4n) is 2.73. The molecule has 0 bridgehead atoms. The molecule has 1 heterocycles. The number of nitrogens with one attached hydrogen (secondary N) is 1. The molecule has 0 aliphatic heterocycles. The van der Waals surface area contributed by atoms with Gasteiger partial charge in [-0.3, -0.25) is 9.59 Å². The van der Waals surface area contributed by atoms with Gasteiger partial charge >= 0.3 is 0 Å². The van der Waals surface area contributed by atoms with E-state index in [0.29, 0.717) is 28.8 Å². The van der Waals surface area contributed by atoms with Gasteiger partial charge in [-0.25, -0.2) is 0 Å². The molecule has 144 valence electrons. The van der Waals surface area contributed by atoms with Crippen LogP contribution < -0.4 is 20.3 Å². The molecule has 1 aromatic heterocycles. The first-order valence-electron chi connectivity index (χ1n) is 8.49. The van der Waals surface area contributed by atoms with E-state index in [1.807, 2.05) is 12.1 Å². The summed E-state index contributed by atoms with van der Waals surface area (Å²) in [4.78, 5) is 25.4. The highest BCUT2D eigenvalue weighted by Gasteiger charge is 2.14. The number of ether oxygens (including phenoxy) is 2. The lowest BCUT2D eigenvalue weighted by molar-refractivity contribution is 0.102. The Kier molecular flexibility index (Phi) is 6.01. The summed E-state index contributed by atoms with van der Waals surface area (Å²) >= 11 is 5.89. The molecule has 0 spiro atoms. The van der Waals surface area contributed by atoms with Crippen molar-refractivity contribution < 1.29 is 14.3 Å². The SMILES string of the molecule is COc1ccc(NC(=O)c2cccn(Cc3ccc(Cl)cc3)c2=O)cc1OC. The Morgan fingerprint density at radius 2 is 1.75 bits per heavy atom. The van der Waals surface area contributed by atoms with Crippen LogP contribution in [0.3, 0.4) is 0 Å². The van der Waals surface area contributed by atoms with E-state index in [0.717, 1.165) is 5.56 Å². The first-order valence-corrected chi connectivity index (χ1v) is 8.87. The van der Waals surface area contributed by atoms with Crippen molar-refractivity contribution in [2.45, 2.75) is 6.54 Å². The first-order chi connectivity index (χ1) is 13.5. The highest BCUT2D eigenvalue weighted by molar-refractivity contribution is 6.30. The Morgan fingerprint density at radius 1 is 1.04 bits per heavy atom. The second-order valence-electron chi connectivity index (χ2n) is 6.01. The number of anilines is 1. The van der Waals surface area contributed by atoms with Crippen LogP contribution in [-0.4, -0.2) is 24.7 Å². The van der Waals surface area contributed by atoms with Crippen molar-refractivity contribution in [3.63, 3.8) is 0 Å². The lowest BCUT2D eigenvalue weighted by atomic mass is 10.2. The maximum absolute atomic E-state index is 12.7. The molecule has 3 aromatic rings. The summed E-state index contributed by atoms with van der Waals surface area (Å²) < 4.78 is 11.9. The summed E-state index contributed by atoms with van der Waals surface area (Å²) in [5, 5.41) is 3.34. The number of hydrogen-bond acceptors (Lipinski definition) is 4. The van der Waals surface area contributed by atoms with Crippen LogP contribution in [0.4, 0.5) is 5.69 Å². The topological polar surface area (TPSA) is 69.6 Å². The molecule has 0 aliphatic carbocycles. The van der Waals surface area contributed by atoms with Crippen molar-refractivity contribution in [3.8, 4) is 11.5 Å². The molecule has 7 heteroatoms. The van der Waals surface area contributed by atoms with Gasteiger partial charge in [0.1, 0.15) is 5.56 Å². The number of carbonyl (C=O) groups excluding carboxylic acids is 1. The average molecular weight is 399 g/mol. The van der Waals surface area contributed by atoms with E-state index < -0.39 is 5.91 Å². The Morgan fingerprint density at radius 3 is 2.43 bits per heavy atom. The number of benzene rings is 2. The number of nitrogens with zero attached hydrogens (tertiary/aromatic N) is 1. The molecule has 1 N–H and O–H groups in total. The molecule has 1 amide bonds. The third-order valence-corrected chi connectivity index (χ3v) is 4.42. The number of aromatic nitrogens is 1. The monoisotopic (exact) mass is 398 g/mol. The van der Waals surface area contributed by atoms with Gasteiger partial charge in [0.25, 0.3) is 11.5 Å². The summed E-state index contributed by atoms with van der Waals surface area (Å²) in [5.74, 6) is 0.529. The maximum atomic E-state index is 12.7. The van der Waals surface area contributed by atoms with Crippen molar-refractivity contribution >= 4 is 23.2 Å². The molecule has 28 heavy (non-hydrogen) atoms. The van der Waals surface area contributed by atoms with E-state index >= 15 is 0 Å². The predicted molar refractivity (Wildman–Crippen MR) is 109 cm³/mol. The Hall–Kier alpha value is -3.25. The number of methoxy groups -OCH3 is 2. The van der Waals surface area contributed by atoms with Crippen molar-refractivity contribution in [1.82, 2.24) is 4.57 Å². The molecular weight excluding hydrogens is 380 g/mol. The second-order valence-corrected chi connectivity index (χ2v) is 6.44. The highest BCUT2D eigenvalue weighted by atomic mass is 35.5. The molecule has 0 atom stereocenters. The minimum Gasteiger partial charge on any atom is -0.493 e. The molecule has 0 unspecified atom stereocenters. The van der Waals surface area contributed by atoms with Crippen LogP contribution in [0.15, 0.2) is 65.6 Å².